The molecule has 3 nitrogen and oxygen atoms in total. The summed E-state index contributed by atoms with van der Waals surface area (Å²) in [6.07, 6.45) is 2.14. The summed E-state index contributed by atoms with van der Waals surface area (Å²) in [5, 5.41) is 21.5. The lowest BCUT2D eigenvalue weighted by Gasteiger charge is -2.09. The van der Waals surface area contributed by atoms with Crippen LogP contribution in [0.15, 0.2) is 12.1 Å². The number of thiophene rings is 1. The van der Waals surface area contributed by atoms with Crippen LogP contribution in [0.5, 0.6) is 0 Å². The van der Waals surface area contributed by atoms with Crippen LogP contribution in [0.1, 0.15) is 22.6 Å². The Bertz CT molecular complexity index is 365. The van der Waals surface area contributed by atoms with Crippen molar-refractivity contribution in [2.24, 2.45) is 5.92 Å². The molecule has 1 unspecified atom stereocenters. The summed E-state index contributed by atoms with van der Waals surface area (Å²) in [5.41, 5.74) is 0. The summed E-state index contributed by atoms with van der Waals surface area (Å²) < 4.78 is 0. The Kier molecular flexibility index (Phi) is 3.37. The van der Waals surface area contributed by atoms with Crippen molar-refractivity contribution in [3.05, 3.63) is 21.9 Å². The number of rotatable bonds is 5. The van der Waals surface area contributed by atoms with Gasteiger partial charge in [-0.2, -0.15) is 5.26 Å². The van der Waals surface area contributed by atoms with Crippen molar-refractivity contribution in [1.82, 2.24) is 5.32 Å². The van der Waals surface area contributed by atoms with E-state index in [0.717, 1.165) is 16.3 Å². The zero-order chi connectivity index (χ0) is 10.7. The average Bonchev–Trinajstić information content (AvgIpc) is 2.99. The molecule has 4 heteroatoms. The summed E-state index contributed by atoms with van der Waals surface area (Å²) in [7, 11) is 0. The van der Waals surface area contributed by atoms with E-state index in [9.17, 15) is 5.11 Å². The molecule has 1 fully saturated rings. The molecule has 1 atom stereocenters. The highest BCUT2D eigenvalue weighted by Gasteiger charge is 2.28. The third kappa shape index (κ3) is 3.03. The first-order valence-corrected chi connectivity index (χ1v) is 5.99. The van der Waals surface area contributed by atoms with E-state index in [1.165, 1.54) is 24.2 Å². The van der Waals surface area contributed by atoms with Crippen LogP contribution in [0.2, 0.25) is 0 Å². The molecule has 1 aromatic rings. The molecule has 2 N–H and O–H groups in total. The molecule has 2 rings (SSSR count). The molecule has 1 aliphatic carbocycles. The molecule has 80 valence electrons. The van der Waals surface area contributed by atoms with Crippen molar-refractivity contribution in [2.45, 2.75) is 25.5 Å². The van der Waals surface area contributed by atoms with E-state index < -0.39 is 0 Å². The lowest BCUT2D eigenvalue weighted by atomic mass is 10.2. The fourth-order valence-electron chi connectivity index (χ4n) is 1.52. The van der Waals surface area contributed by atoms with Gasteiger partial charge in [0.15, 0.2) is 0 Å². The first kappa shape index (κ1) is 10.6. The molecule has 0 aromatic carbocycles. The quantitative estimate of drug-likeness (QED) is 0.793. The Morgan fingerprint density at radius 3 is 3.00 bits per heavy atom. The molecule has 1 heterocycles. The largest absolute Gasteiger partial charge is 0.392 e. The topological polar surface area (TPSA) is 56.0 Å². The minimum atomic E-state index is -0.194. The smallest absolute Gasteiger partial charge is 0.110 e. The maximum absolute atomic E-state index is 9.61. The van der Waals surface area contributed by atoms with E-state index in [1.54, 1.807) is 0 Å². The van der Waals surface area contributed by atoms with E-state index in [-0.39, 0.29) is 6.10 Å². The van der Waals surface area contributed by atoms with Gasteiger partial charge in [0.1, 0.15) is 10.9 Å². The number of nitrogens with zero attached hydrogens (tertiary/aromatic N) is 1. The van der Waals surface area contributed by atoms with Crippen LogP contribution in [0, 0.1) is 17.2 Å². The minimum absolute atomic E-state index is 0.194. The number of aliphatic hydroxyl groups is 1. The zero-order valence-electron chi connectivity index (χ0n) is 8.44. The monoisotopic (exact) mass is 222 g/mol. The van der Waals surface area contributed by atoms with E-state index in [1.807, 2.05) is 12.1 Å². The van der Waals surface area contributed by atoms with Crippen LogP contribution in [0.4, 0.5) is 0 Å². The maximum Gasteiger partial charge on any atom is 0.110 e. The van der Waals surface area contributed by atoms with E-state index in [0.29, 0.717) is 12.5 Å². The highest BCUT2D eigenvalue weighted by Crippen LogP contribution is 2.32. The van der Waals surface area contributed by atoms with Crippen LogP contribution in [-0.2, 0) is 6.54 Å². The van der Waals surface area contributed by atoms with Crippen LogP contribution >= 0.6 is 11.3 Å². The molecule has 1 aromatic heterocycles. The number of nitrogens with one attached hydrogen (secondary N) is 1. The highest BCUT2D eigenvalue weighted by molar-refractivity contribution is 7.12. The molecular formula is C11H14N2OS. The van der Waals surface area contributed by atoms with Gasteiger partial charge in [0.25, 0.3) is 0 Å². The van der Waals surface area contributed by atoms with Gasteiger partial charge in [0.2, 0.25) is 0 Å². The number of hydrogen-bond acceptors (Lipinski definition) is 4. The second-order valence-corrected chi connectivity index (χ2v) is 5.08. The van der Waals surface area contributed by atoms with Gasteiger partial charge in [-0.05, 0) is 30.9 Å². The first-order chi connectivity index (χ1) is 7.29. The minimum Gasteiger partial charge on any atom is -0.392 e. The second-order valence-electron chi connectivity index (χ2n) is 3.91. The molecule has 0 amide bonds. The maximum atomic E-state index is 9.61. The van der Waals surface area contributed by atoms with Crippen molar-refractivity contribution < 1.29 is 5.11 Å². The van der Waals surface area contributed by atoms with Gasteiger partial charge in [-0.15, -0.1) is 11.3 Å². The average molecular weight is 222 g/mol. The normalized spacial score (nSPS) is 17.3. The summed E-state index contributed by atoms with van der Waals surface area (Å²) in [6.45, 7) is 1.40. The first-order valence-electron chi connectivity index (χ1n) is 5.17. The predicted octanol–water partition coefficient (Wildman–Crippen LogP) is 1.48. The van der Waals surface area contributed by atoms with Crippen LogP contribution in [0.3, 0.4) is 0 Å². The van der Waals surface area contributed by atoms with Crippen LogP contribution in [-0.4, -0.2) is 17.8 Å². The third-order valence-corrected chi connectivity index (χ3v) is 3.58. The van der Waals surface area contributed by atoms with Gasteiger partial charge in [0, 0.05) is 18.0 Å². The fraction of sp³-hybridized carbons (Fsp3) is 0.545. The molecule has 0 bridgehead atoms. The molecule has 0 aliphatic heterocycles. The SMILES string of the molecule is N#Cc1ccc(CNCC(O)C2CC2)s1. The van der Waals surface area contributed by atoms with Crippen LogP contribution in [0.25, 0.3) is 0 Å². The molecule has 15 heavy (non-hydrogen) atoms. The third-order valence-electron chi connectivity index (χ3n) is 2.59. The van der Waals surface area contributed by atoms with Gasteiger partial charge in [-0.25, -0.2) is 0 Å². The lowest BCUT2D eigenvalue weighted by Crippen LogP contribution is -2.27. The fourth-order valence-corrected chi connectivity index (χ4v) is 2.30. The van der Waals surface area contributed by atoms with Gasteiger partial charge in [-0.3, -0.25) is 0 Å². The van der Waals surface area contributed by atoms with E-state index in [2.05, 4.69) is 11.4 Å². The number of hydrogen-bond donors (Lipinski definition) is 2. The van der Waals surface area contributed by atoms with Gasteiger partial charge in [-0.1, -0.05) is 0 Å². The Hall–Kier alpha value is -0.890. The molecule has 1 saturated carbocycles. The Morgan fingerprint density at radius 2 is 2.40 bits per heavy atom. The molecular weight excluding hydrogens is 208 g/mol. The molecule has 0 radical (unpaired) electrons. The molecule has 0 spiro atoms. The van der Waals surface area contributed by atoms with Gasteiger partial charge in [0.05, 0.1) is 6.10 Å². The number of nitriles is 1. The molecule has 0 saturated heterocycles. The van der Waals surface area contributed by atoms with Gasteiger partial charge >= 0.3 is 0 Å². The Balaban J connectivity index is 1.71. The summed E-state index contributed by atoms with van der Waals surface area (Å²) in [4.78, 5) is 1.89. The summed E-state index contributed by atoms with van der Waals surface area (Å²) >= 11 is 1.50. The standard InChI is InChI=1S/C11H14N2OS/c12-5-9-3-4-10(15-9)6-13-7-11(14)8-1-2-8/h3-4,8,11,13-14H,1-2,6-7H2. The predicted molar refractivity (Wildman–Crippen MR) is 59.5 cm³/mol. The summed E-state index contributed by atoms with van der Waals surface area (Å²) in [5.74, 6) is 0.524. The highest BCUT2D eigenvalue weighted by atomic mass is 32.1. The van der Waals surface area contributed by atoms with Crippen molar-refractivity contribution >= 4 is 11.3 Å². The second kappa shape index (κ2) is 4.75. The van der Waals surface area contributed by atoms with E-state index in [4.69, 9.17) is 5.26 Å². The van der Waals surface area contributed by atoms with Crippen molar-refractivity contribution in [1.29, 1.82) is 5.26 Å². The van der Waals surface area contributed by atoms with Crippen molar-refractivity contribution in [2.75, 3.05) is 6.54 Å². The zero-order valence-corrected chi connectivity index (χ0v) is 9.26. The van der Waals surface area contributed by atoms with Crippen LogP contribution < -0.4 is 5.32 Å². The van der Waals surface area contributed by atoms with Gasteiger partial charge < -0.3 is 10.4 Å². The van der Waals surface area contributed by atoms with Crippen molar-refractivity contribution in [3.63, 3.8) is 0 Å². The van der Waals surface area contributed by atoms with Crippen molar-refractivity contribution in [3.8, 4) is 6.07 Å². The lowest BCUT2D eigenvalue weighted by molar-refractivity contribution is 0.148. The molecule has 1 aliphatic rings. The number of aliphatic hydroxyl groups excluding tert-OH is 1. The Labute approximate surface area is 93.4 Å². The summed E-state index contributed by atoms with van der Waals surface area (Å²) in [6, 6.07) is 5.91. The van der Waals surface area contributed by atoms with E-state index >= 15 is 0 Å². The Morgan fingerprint density at radius 1 is 1.60 bits per heavy atom.